The van der Waals surface area contributed by atoms with E-state index < -0.39 is 0 Å². The van der Waals surface area contributed by atoms with Gasteiger partial charge in [-0.25, -0.2) is 0 Å². The molecule has 20 heavy (non-hydrogen) atoms. The molecule has 1 aromatic carbocycles. The number of aromatic nitrogens is 3. The average molecular weight is 286 g/mol. The van der Waals surface area contributed by atoms with E-state index in [2.05, 4.69) is 64.3 Å². The number of benzene rings is 1. The van der Waals surface area contributed by atoms with E-state index in [0.29, 0.717) is 6.04 Å². The fourth-order valence-corrected chi connectivity index (χ4v) is 3.33. The summed E-state index contributed by atoms with van der Waals surface area (Å²) in [5.74, 6) is 0.987. The Labute approximate surface area is 122 Å². The average Bonchev–Trinajstić information content (AvgIpc) is 3.10. The Kier molecular flexibility index (Phi) is 3.80. The molecule has 0 radical (unpaired) electrons. The number of fused-ring (bicyclic) bond motifs is 1. The second kappa shape index (κ2) is 5.73. The van der Waals surface area contributed by atoms with Gasteiger partial charge in [-0.1, -0.05) is 18.2 Å². The van der Waals surface area contributed by atoms with Crippen LogP contribution in [0.4, 0.5) is 0 Å². The molecular formula is C15H18N4S. The molecule has 0 amide bonds. The molecule has 0 aliphatic rings. The molecule has 104 valence electrons. The Bertz CT molecular complexity index is 668. The standard InChI is InChI=1S/C15H18N4S/c1-3-19-10-17-18-15(19)9-16-11(2)14-8-12-6-4-5-7-13(12)20-14/h4-8,10-11,16H,3,9H2,1-2H3. The van der Waals surface area contributed by atoms with E-state index >= 15 is 0 Å². The molecule has 5 heteroatoms. The number of thiophene rings is 1. The maximum Gasteiger partial charge on any atom is 0.146 e. The topological polar surface area (TPSA) is 42.7 Å². The van der Waals surface area contributed by atoms with Gasteiger partial charge < -0.3 is 9.88 Å². The third-order valence-corrected chi connectivity index (χ3v) is 4.77. The van der Waals surface area contributed by atoms with Gasteiger partial charge in [0.15, 0.2) is 0 Å². The lowest BCUT2D eigenvalue weighted by atomic mass is 10.2. The van der Waals surface area contributed by atoms with Crippen LogP contribution in [0, 0.1) is 0 Å². The summed E-state index contributed by atoms with van der Waals surface area (Å²) in [7, 11) is 0. The molecule has 3 aromatic rings. The van der Waals surface area contributed by atoms with Gasteiger partial charge in [-0.2, -0.15) is 0 Å². The van der Waals surface area contributed by atoms with Gasteiger partial charge in [0, 0.05) is 22.2 Å². The van der Waals surface area contributed by atoms with Crippen molar-refractivity contribution in [3.05, 3.63) is 47.4 Å². The van der Waals surface area contributed by atoms with Crippen LogP contribution in [0.5, 0.6) is 0 Å². The lowest BCUT2D eigenvalue weighted by molar-refractivity contribution is 0.545. The lowest BCUT2D eigenvalue weighted by Crippen LogP contribution is -2.19. The lowest BCUT2D eigenvalue weighted by Gasteiger charge is -2.11. The molecule has 0 saturated heterocycles. The van der Waals surface area contributed by atoms with E-state index in [4.69, 9.17) is 0 Å². The fraction of sp³-hybridized carbons (Fsp3) is 0.333. The summed E-state index contributed by atoms with van der Waals surface area (Å²) in [5, 5.41) is 12.9. The quantitative estimate of drug-likeness (QED) is 0.782. The van der Waals surface area contributed by atoms with E-state index in [9.17, 15) is 0 Å². The summed E-state index contributed by atoms with van der Waals surface area (Å²) >= 11 is 1.85. The monoisotopic (exact) mass is 286 g/mol. The molecule has 2 aromatic heterocycles. The molecular weight excluding hydrogens is 268 g/mol. The molecule has 2 heterocycles. The molecule has 0 fully saturated rings. The van der Waals surface area contributed by atoms with Crippen molar-refractivity contribution < 1.29 is 0 Å². The summed E-state index contributed by atoms with van der Waals surface area (Å²) in [6.45, 7) is 5.93. The van der Waals surface area contributed by atoms with Crippen LogP contribution in [-0.2, 0) is 13.1 Å². The highest BCUT2D eigenvalue weighted by Gasteiger charge is 2.10. The normalized spacial score (nSPS) is 12.9. The smallest absolute Gasteiger partial charge is 0.146 e. The second-order valence-corrected chi connectivity index (χ2v) is 5.94. The van der Waals surface area contributed by atoms with Crippen LogP contribution in [0.15, 0.2) is 36.7 Å². The minimum atomic E-state index is 0.314. The Morgan fingerprint density at radius 3 is 3.00 bits per heavy atom. The van der Waals surface area contributed by atoms with Gasteiger partial charge >= 0.3 is 0 Å². The van der Waals surface area contributed by atoms with Crippen molar-refractivity contribution in [2.24, 2.45) is 0 Å². The van der Waals surface area contributed by atoms with Gasteiger partial charge in [0.2, 0.25) is 0 Å². The van der Waals surface area contributed by atoms with Gasteiger partial charge in [-0.15, -0.1) is 21.5 Å². The Morgan fingerprint density at radius 1 is 1.35 bits per heavy atom. The first kappa shape index (κ1) is 13.3. The minimum absolute atomic E-state index is 0.314. The van der Waals surface area contributed by atoms with Gasteiger partial charge in [-0.3, -0.25) is 0 Å². The molecule has 0 aliphatic heterocycles. The number of nitrogens with one attached hydrogen (secondary N) is 1. The molecule has 1 N–H and O–H groups in total. The number of hydrogen-bond donors (Lipinski definition) is 1. The molecule has 0 spiro atoms. The first-order valence-electron chi connectivity index (χ1n) is 6.86. The summed E-state index contributed by atoms with van der Waals surface area (Å²) < 4.78 is 3.40. The predicted octanol–water partition coefficient (Wildman–Crippen LogP) is 3.36. The summed E-state index contributed by atoms with van der Waals surface area (Å²) in [6, 6.07) is 11.1. The first-order valence-corrected chi connectivity index (χ1v) is 7.68. The Morgan fingerprint density at radius 2 is 2.20 bits per heavy atom. The summed E-state index contributed by atoms with van der Waals surface area (Å²) in [4.78, 5) is 1.36. The van der Waals surface area contributed by atoms with Gasteiger partial charge in [0.1, 0.15) is 12.2 Å². The molecule has 0 saturated carbocycles. The van der Waals surface area contributed by atoms with Crippen molar-refractivity contribution in [1.82, 2.24) is 20.1 Å². The maximum atomic E-state index is 4.15. The SMILES string of the molecule is CCn1cnnc1CNC(C)c1cc2ccccc2s1. The highest BCUT2D eigenvalue weighted by atomic mass is 32.1. The summed E-state index contributed by atoms with van der Waals surface area (Å²) in [5.41, 5.74) is 0. The number of aryl methyl sites for hydroxylation is 1. The second-order valence-electron chi connectivity index (χ2n) is 4.82. The van der Waals surface area contributed by atoms with Crippen molar-refractivity contribution in [2.45, 2.75) is 33.0 Å². The van der Waals surface area contributed by atoms with Crippen LogP contribution < -0.4 is 5.32 Å². The van der Waals surface area contributed by atoms with Crippen LogP contribution in [0.3, 0.4) is 0 Å². The first-order chi connectivity index (χ1) is 9.78. The van der Waals surface area contributed by atoms with Crippen molar-refractivity contribution >= 4 is 21.4 Å². The highest BCUT2D eigenvalue weighted by Crippen LogP contribution is 2.29. The molecule has 3 rings (SSSR count). The van der Waals surface area contributed by atoms with Crippen LogP contribution in [0.1, 0.15) is 30.6 Å². The number of rotatable bonds is 5. The molecule has 1 atom stereocenters. The largest absolute Gasteiger partial charge is 0.317 e. The molecule has 0 bridgehead atoms. The van der Waals surface area contributed by atoms with Crippen molar-refractivity contribution in [3.8, 4) is 0 Å². The third kappa shape index (κ3) is 2.59. The van der Waals surface area contributed by atoms with Gasteiger partial charge in [0.05, 0.1) is 6.54 Å². The van der Waals surface area contributed by atoms with Crippen LogP contribution in [-0.4, -0.2) is 14.8 Å². The van der Waals surface area contributed by atoms with Crippen LogP contribution in [0.2, 0.25) is 0 Å². The Hall–Kier alpha value is -1.72. The van der Waals surface area contributed by atoms with Crippen molar-refractivity contribution in [1.29, 1.82) is 0 Å². The highest BCUT2D eigenvalue weighted by molar-refractivity contribution is 7.19. The van der Waals surface area contributed by atoms with E-state index in [1.807, 2.05) is 11.3 Å². The van der Waals surface area contributed by atoms with Crippen molar-refractivity contribution in [2.75, 3.05) is 0 Å². The zero-order chi connectivity index (χ0) is 13.9. The van der Waals surface area contributed by atoms with E-state index in [1.165, 1.54) is 15.0 Å². The van der Waals surface area contributed by atoms with Gasteiger partial charge in [-0.05, 0) is 31.4 Å². The van der Waals surface area contributed by atoms with Gasteiger partial charge in [0.25, 0.3) is 0 Å². The predicted molar refractivity (Wildman–Crippen MR) is 82.8 cm³/mol. The third-order valence-electron chi connectivity index (χ3n) is 3.47. The van der Waals surface area contributed by atoms with E-state index in [0.717, 1.165) is 18.9 Å². The van der Waals surface area contributed by atoms with E-state index in [-0.39, 0.29) is 0 Å². The van der Waals surface area contributed by atoms with Crippen LogP contribution >= 0.6 is 11.3 Å². The minimum Gasteiger partial charge on any atom is -0.317 e. The Balaban J connectivity index is 1.71. The molecule has 1 unspecified atom stereocenters. The van der Waals surface area contributed by atoms with Crippen molar-refractivity contribution in [3.63, 3.8) is 0 Å². The summed E-state index contributed by atoms with van der Waals surface area (Å²) in [6.07, 6.45) is 1.78. The van der Waals surface area contributed by atoms with E-state index in [1.54, 1.807) is 6.33 Å². The molecule has 4 nitrogen and oxygen atoms in total. The number of hydrogen-bond acceptors (Lipinski definition) is 4. The van der Waals surface area contributed by atoms with Crippen LogP contribution in [0.25, 0.3) is 10.1 Å². The fourth-order valence-electron chi connectivity index (χ4n) is 2.24. The zero-order valence-electron chi connectivity index (χ0n) is 11.7. The zero-order valence-corrected chi connectivity index (χ0v) is 12.5. The molecule has 0 aliphatic carbocycles. The maximum absolute atomic E-state index is 4.15. The number of nitrogens with zero attached hydrogens (tertiary/aromatic N) is 3.